The smallest absolute Gasteiger partial charge is 0.137 e. The number of carbonyl (C=O) groups is 1. The fraction of sp³-hybridized carbons (Fsp3) is 0.857. The van der Waals surface area contributed by atoms with Gasteiger partial charge in [0.05, 0.1) is 0 Å². The zero-order valence-electron chi connectivity index (χ0n) is 6.87. The molecule has 62 valence electrons. The first-order chi connectivity index (χ1) is 4.48. The Morgan fingerprint density at radius 1 is 1.30 bits per heavy atom. The van der Waals surface area contributed by atoms with Crippen molar-refractivity contribution >= 4 is 43.0 Å². The van der Waals surface area contributed by atoms with Crippen LogP contribution < -0.4 is 0 Å². The Morgan fingerprint density at radius 2 is 1.60 bits per heavy atom. The highest BCUT2D eigenvalue weighted by atomic mass is 128. The first-order valence-electron chi connectivity index (χ1n) is 3.16. The van der Waals surface area contributed by atoms with Gasteiger partial charge in [-0.2, -0.15) is 0 Å². The maximum atomic E-state index is 10.8. The Morgan fingerprint density at radius 3 is 1.60 bits per heavy atom. The van der Waals surface area contributed by atoms with E-state index in [1.807, 2.05) is 27.7 Å². The number of halogens is 2. The van der Waals surface area contributed by atoms with Crippen molar-refractivity contribution in [2.75, 3.05) is 0 Å². The van der Waals surface area contributed by atoms with Crippen LogP contribution in [0.1, 0.15) is 34.1 Å². The normalized spacial score (nSPS) is 9.80. The van der Waals surface area contributed by atoms with Crippen LogP contribution in [-0.2, 0) is 4.79 Å². The van der Waals surface area contributed by atoms with E-state index in [2.05, 4.69) is 37.2 Å². The summed E-state index contributed by atoms with van der Waals surface area (Å²) in [6.07, 6.45) is 0.656. The van der Waals surface area contributed by atoms with Gasteiger partial charge in [0.1, 0.15) is 5.78 Å². The van der Waals surface area contributed by atoms with Gasteiger partial charge in [-0.25, -0.2) is 0 Å². The first kappa shape index (κ1) is 13.7. The fourth-order valence-corrected chi connectivity index (χ4v) is 0.530. The molecule has 10 heavy (non-hydrogen) atoms. The monoisotopic (exact) mass is 368 g/mol. The summed E-state index contributed by atoms with van der Waals surface area (Å²) in [5.41, 5.74) is -0.130. The molecule has 0 aromatic rings. The van der Waals surface area contributed by atoms with E-state index in [1.54, 1.807) is 0 Å². The zero-order chi connectivity index (χ0) is 8.78. The maximum Gasteiger partial charge on any atom is 0.137 e. The van der Waals surface area contributed by atoms with Gasteiger partial charge < -0.3 is 0 Å². The van der Waals surface area contributed by atoms with Crippen LogP contribution in [0.5, 0.6) is 0 Å². The Kier molecular flexibility index (Phi) is 9.34. The van der Waals surface area contributed by atoms with Crippen LogP contribution in [-0.4, -0.2) is 5.78 Å². The largest absolute Gasteiger partial charge is 0.299 e. The van der Waals surface area contributed by atoms with E-state index >= 15 is 0 Å². The predicted octanol–water partition coefficient (Wildman–Crippen LogP) is 3.78. The SMILES string of the molecule is CCC(=O)C(C)(C)C.II. The minimum atomic E-state index is -0.130. The third-order valence-corrected chi connectivity index (χ3v) is 1.16. The van der Waals surface area contributed by atoms with Crippen LogP contribution in [0.3, 0.4) is 0 Å². The Hall–Kier alpha value is 1.13. The van der Waals surface area contributed by atoms with Crippen LogP contribution >= 0.6 is 37.2 Å². The number of ketones is 1. The molecule has 0 aliphatic heterocycles. The lowest BCUT2D eigenvalue weighted by atomic mass is 9.90. The summed E-state index contributed by atoms with van der Waals surface area (Å²) in [7, 11) is 0. The Bertz CT molecular complexity index is 94.3. The summed E-state index contributed by atoms with van der Waals surface area (Å²) in [6, 6.07) is 0. The Balaban J connectivity index is 0. The van der Waals surface area contributed by atoms with Crippen LogP contribution in [0.2, 0.25) is 0 Å². The molecule has 0 aromatic heterocycles. The lowest BCUT2D eigenvalue weighted by molar-refractivity contribution is -0.125. The molecule has 0 aliphatic carbocycles. The van der Waals surface area contributed by atoms with Gasteiger partial charge in [0.2, 0.25) is 0 Å². The highest BCUT2D eigenvalue weighted by Gasteiger charge is 2.17. The average Bonchev–Trinajstić information content (AvgIpc) is 1.89. The summed E-state index contributed by atoms with van der Waals surface area (Å²) in [4.78, 5) is 10.8. The second kappa shape index (κ2) is 6.82. The standard InChI is InChI=1S/C7H14O.I2/c1-5-6(8)7(2,3)4;1-2/h5H2,1-4H3;. The summed E-state index contributed by atoms with van der Waals surface area (Å²) in [6.45, 7) is 7.73. The number of carbonyl (C=O) groups excluding carboxylic acids is 1. The first-order valence-corrected chi connectivity index (χ1v) is 9.44. The molecule has 0 aromatic carbocycles. The van der Waals surface area contributed by atoms with Crippen molar-refractivity contribution in [3.63, 3.8) is 0 Å². The average molecular weight is 368 g/mol. The van der Waals surface area contributed by atoms with E-state index in [-0.39, 0.29) is 5.41 Å². The van der Waals surface area contributed by atoms with E-state index in [0.29, 0.717) is 12.2 Å². The van der Waals surface area contributed by atoms with Crippen molar-refractivity contribution in [3.05, 3.63) is 0 Å². The van der Waals surface area contributed by atoms with Gasteiger partial charge >= 0.3 is 0 Å². The molecule has 0 rings (SSSR count). The van der Waals surface area contributed by atoms with Crippen molar-refractivity contribution in [1.29, 1.82) is 0 Å². The van der Waals surface area contributed by atoms with E-state index in [9.17, 15) is 4.79 Å². The molecule has 0 bridgehead atoms. The van der Waals surface area contributed by atoms with Gasteiger partial charge in [-0.1, -0.05) is 27.7 Å². The second-order valence-corrected chi connectivity index (χ2v) is 3.03. The van der Waals surface area contributed by atoms with Crippen LogP contribution in [0, 0.1) is 5.41 Å². The zero-order valence-corrected chi connectivity index (χ0v) is 11.2. The molecule has 0 fully saturated rings. The maximum absolute atomic E-state index is 10.8. The molecule has 0 radical (unpaired) electrons. The molecule has 0 aliphatic rings. The fourth-order valence-electron chi connectivity index (χ4n) is 0.530. The number of rotatable bonds is 1. The van der Waals surface area contributed by atoms with E-state index in [4.69, 9.17) is 0 Å². The second-order valence-electron chi connectivity index (χ2n) is 3.03. The molecule has 0 amide bonds. The van der Waals surface area contributed by atoms with Crippen LogP contribution in [0.4, 0.5) is 0 Å². The highest BCUT2D eigenvalue weighted by molar-refractivity contribution is 15.0. The summed E-state index contributed by atoms with van der Waals surface area (Å²) in [5.74, 6) is 0.331. The van der Waals surface area contributed by atoms with Crippen molar-refractivity contribution < 1.29 is 4.79 Å². The van der Waals surface area contributed by atoms with Gasteiger partial charge in [-0.15, -0.1) is 0 Å². The molecule has 0 unspecified atom stereocenters. The Labute approximate surface area is 86.7 Å². The van der Waals surface area contributed by atoms with Gasteiger partial charge in [-0.05, 0) is 0 Å². The van der Waals surface area contributed by atoms with E-state index in [0.717, 1.165) is 0 Å². The van der Waals surface area contributed by atoms with Crippen molar-refractivity contribution in [1.82, 2.24) is 0 Å². The van der Waals surface area contributed by atoms with Crippen molar-refractivity contribution in [2.45, 2.75) is 34.1 Å². The van der Waals surface area contributed by atoms with Gasteiger partial charge in [0, 0.05) is 49.1 Å². The van der Waals surface area contributed by atoms with E-state index in [1.165, 1.54) is 0 Å². The van der Waals surface area contributed by atoms with Crippen molar-refractivity contribution in [3.8, 4) is 0 Å². The molecular weight excluding hydrogens is 354 g/mol. The minimum Gasteiger partial charge on any atom is -0.299 e. The molecule has 0 saturated carbocycles. The number of hydrogen-bond donors (Lipinski definition) is 0. The van der Waals surface area contributed by atoms with Crippen LogP contribution in [0.25, 0.3) is 0 Å². The van der Waals surface area contributed by atoms with Crippen molar-refractivity contribution in [2.24, 2.45) is 5.41 Å². The minimum absolute atomic E-state index is 0.130. The molecular formula is C7H14I2O. The van der Waals surface area contributed by atoms with Crippen LogP contribution in [0.15, 0.2) is 0 Å². The third kappa shape index (κ3) is 7.24. The van der Waals surface area contributed by atoms with Gasteiger partial charge in [0.15, 0.2) is 0 Å². The third-order valence-electron chi connectivity index (χ3n) is 1.16. The highest BCUT2D eigenvalue weighted by Crippen LogP contribution is 2.15. The molecule has 0 heterocycles. The molecule has 0 atom stereocenters. The lowest BCUT2D eigenvalue weighted by Gasteiger charge is -2.13. The molecule has 0 saturated heterocycles. The molecule has 0 spiro atoms. The summed E-state index contributed by atoms with van der Waals surface area (Å²) >= 11 is 4.24. The molecule has 1 nitrogen and oxygen atoms in total. The van der Waals surface area contributed by atoms with Gasteiger partial charge in [0.25, 0.3) is 0 Å². The summed E-state index contributed by atoms with van der Waals surface area (Å²) in [5, 5.41) is 0. The number of hydrogen-bond acceptors (Lipinski definition) is 1. The molecule has 3 heteroatoms. The quantitative estimate of drug-likeness (QED) is 0.644. The molecule has 0 N–H and O–H groups in total. The number of Topliss-reactive ketones (excluding diaryl/α,β-unsaturated/α-hetero) is 1. The summed E-state index contributed by atoms with van der Waals surface area (Å²) < 4.78 is 0. The predicted molar refractivity (Wildman–Crippen MR) is 62.8 cm³/mol. The van der Waals surface area contributed by atoms with E-state index < -0.39 is 0 Å². The lowest BCUT2D eigenvalue weighted by Crippen LogP contribution is -2.18. The van der Waals surface area contributed by atoms with Gasteiger partial charge in [-0.3, -0.25) is 4.79 Å². The topological polar surface area (TPSA) is 17.1 Å².